The number of aldehydes is 2. The van der Waals surface area contributed by atoms with Crippen molar-refractivity contribution in [1.82, 2.24) is 0 Å². The number of carbonyl (C=O) groups excluding carboxylic acids is 2. The van der Waals surface area contributed by atoms with Gasteiger partial charge in [0.05, 0.1) is 16.7 Å². The van der Waals surface area contributed by atoms with Crippen LogP contribution in [0.25, 0.3) is 0 Å². The summed E-state index contributed by atoms with van der Waals surface area (Å²) < 4.78 is 0. The highest BCUT2D eigenvalue weighted by molar-refractivity contribution is 5.95. The van der Waals surface area contributed by atoms with E-state index in [1.807, 2.05) is 13.8 Å². The van der Waals surface area contributed by atoms with Gasteiger partial charge in [0, 0.05) is 17.4 Å². The molecule has 34 heavy (non-hydrogen) atoms. The van der Waals surface area contributed by atoms with Gasteiger partial charge in [-0.15, -0.1) is 0 Å². The molecule has 2 aliphatic carbocycles. The summed E-state index contributed by atoms with van der Waals surface area (Å²) in [5.41, 5.74) is -0.724. The van der Waals surface area contributed by atoms with E-state index in [2.05, 4.69) is 33.8 Å². The molecule has 0 aromatic heterocycles. The maximum Gasteiger partial charge on any atom is 0.157 e. The van der Waals surface area contributed by atoms with Gasteiger partial charge in [0.1, 0.15) is 17.2 Å². The van der Waals surface area contributed by atoms with Crippen molar-refractivity contribution in [1.29, 1.82) is 0 Å². The topological polar surface area (TPSA) is 115 Å². The number of hydrogen-bond donors (Lipinski definition) is 4. The first-order chi connectivity index (χ1) is 15.8. The van der Waals surface area contributed by atoms with Gasteiger partial charge in [-0.1, -0.05) is 39.3 Å². The highest BCUT2D eigenvalue weighted by Crippen LogP contribution is 2.62. The van der Waals surface area contributed by atoms with Crippen molar-refractivity contribution in [3.8, 4) is 17.2 Å². The Kier molecular flexibility index (Phi) is 7.24. The Bertz CT molecular complexity index is 951. The molecule has 3 rings (SSSR count). The maximum absolute atomic E-state index is 11.7. The van der Waals surface area contributed by atoms with Gasteiger partial charge in [-0.2, -0.15) is 0 Å². The maximum atomic E-state index is 11.7. The monoisotopic (exact) mass is 472 g/mol. The zero-order valence-electron chi connectivity index (χ0n) is 21.3. The minimum atomic E-state index is -0.878. The number of rotatable bonds is 7. The number of carbonyl (C=O) groups is 2. The van der Waals surface area contributed by atoms with Crippen molar-refractivity contribution in [2.45, 2.75) is 85.2 Å². The predicted molar refractivity (Wildman–Crippen MR) is 132 cm³/mol. The van der Waals surface area contributed by atoms with E-state index >= 15 is 0 Å². The van der Waals surface area contributed by atoms with E-state index in [0.29, 0.717) is 30.8 Å². The molecule has 4 N–H and O–H groups in total. The second kappa shape index (κ2) is 9.37. The zero-order chi connectivity index (χ0) is 25.6. The van der Waals surface area contributed by atoms with Crippen molar-refractivity contribution in [2.75, 3.05) is 0 Å². The smallest absolute Gasteiger partial charge is 0.157 e. The number of phenolic OH excluding ortho intramolecular Hbond substituents is 3. The number of allylic oxidation sites excluding steroid dienone is 1. The molecule has 0 bridgehead atoms. The summed E-state index contributed by atoms with van der Waals surface area (Å²) in [5.74, 6) is -1.10. The lowest BCUT2D eigenvalue weighted by Crippen LogP contribution is -2.31. The van der Waals surface area contributed by atoms with E-state index in [9.17, 15) is 30.0 Å². The Balaban J connectivity index is 2.30. The second-order valence-corrected chi connectivity index (χ2v) is 11.7. The normalized spacial score (nSPS) is 28.2. The Morgan fingerprint density at radius 2 is 1.59 bits per heavy atom. The van der Waals surface area contributed by atoms with Gasteiger partial charge in [-0.25, -0.2) is 0 Å². The van der Waals surface area contributed by atoms with E-state index in [4.69, 9.17) is 0 Å². The van der Waals surface area contributed by atoms with Crippen molar-refractivity contribution >= 4 is 12.6 Å². The van der Waals surface area contributed by atoms with Gasteiger partial charge in [0.25, 0.3) is 0 Å². The molecule has 0 amide bonds. The molecule has 1 aromatic carbocycles. The third-order valence-electron chi connectivity index (χ3n) is 8.53. The van der Waals surface area contributed by atoms with Crippen LogP contribution < -0.4 is 0 Å². The molecule has 0 unspecified atom stereocenters. The highest BCUT2D eigenvalue weighted by Gasteiger charge is 2.50. The summed E-state index contributed by atoms with van der Waals surface area (Å²) in [6.07, 6.45) is 7.14. The average molecular weight is 473 g/mol. The molecule has 6 heteroatoms. The minimum Gasteiger partial charge on any atom is -0.507 e. The Morgan fingerprint density at radius 1 is 1.03 bits per heavy atom. The molecule has 188 valence electrons. The van der Waals surface area contributed by atoms with Crippen LogP contribution in [-0.4, -0.2) is 38.6 Å². The first-order valence-corrected chi connectivity index (χ1v) is 12.4. The summed E-state index contributed by atoms with van der Waals surface area (Å²) in [6.45, 7) is 12.2. The van der Waals surface area contributed by atoms with Crippen molar-refractivity contribution < 1.29 is 30.0 Å². The predicted octanol–water partition coefficient (Wildman–Crippen LogP) is 5.72. The van der Waals surface area contributed by atoms with Crippen LogP contribution in [0.4, 0.5) is 0 Å². The van der Waals surface area contributed by atoms with Gasteiger partial charge in [-0.3, -0.25) is 9.59 Å². The number of fused-ring (bicyclic) bond motifs is 1. The SMILES string of the molecule is CC(C)C[C@H](c1c(O)c(C=O)c(O)c(C=O)c1O)[C@@]1(C)CC[C@H]2C1=C[C@H](C(C)(C)O)CC[C@H]2C. The quantitative estimate of drug-likeness (QED) is 0.298. The number of hydrogen-bond acceptors (Lipinski definition) is 6. The summed E-state index contributed by atoms with van der Waals surface area (Å²) in [6, 6.07) is 0. The first-order valence-electron chi connectivity index (χ1n) is 12.4. The van der Waals surface area contributed by atoms with E-state index in [1.54, 1.807) is 0 Å². The van der Waals surface area contributed by atoms with Gasteiger partial charge >= 0.3 is 0 Å². The number of aromatic hydroxyl groups is 3. The number of benzene rings is 1. The molecule has 5 atom stereocenters. The van der Waals surface area contributed by atoms with Crippen LogP contribution in [0.15, 0.2) is 11.6 Å². The van der Waals surface area contributed by atoms with Gasteiger partial charge < -0.3 is 20.4 Å². The number of aliphatic hydroxyl groups is 1. The van der Waals surface area contributed by atoms with Crippen LogP contribution in [0.5, 0.6) is 17.2 Å². The number of phenols is 3. The highest BCUT2D eigenvalue weighted by atomic mass is 16.3. The van der Waals surface area contributed by atoms with Crippen molar-refractivity contribution in [2.24, 2.45) is 29.1 Å². The Labute approximate surface area is 202 Å². The van der Waals surface area contributed by atoms with E-state index in [-0.39, 0.29) is 28.5 Å². The largest absolute Gasteiger partial charge is 0.507 e. The fourth-order valence-corrected chi connectivity index (χ4v) is 6.45. The molecule has 0 heterocycles. The first kappa shape index (κ1) is 26.3. The van der Waals surface area contributed by atoms with Gasteiger partial charge in [0.2, 0.25) is 0 Å². The van der Waals surface area contributed by atoms with Crippen LogP contribution in [-0.2, 0) is 0 Å². The Hall–Kier alpha value is -2.34. The van der Waals surface area contributed by atoms with Gasteiger partial charge in [-0.05, 0) is 69.1 Å². The minimum absolute atomic E-state index is 0.0230. The van der Waals surface area contributed by atoms with E-state index in [1.165, 1.54) is 5.57 Å². The molecule has 0 aliphatic heterocycles. The Morgan fingerprint density at radius 3 is 2.06 bits per heavy atom. The molecular formula is C28H40O6. The second-order valence-electron chi connectivity index (χ2n) is 11.7. The fourth-order valence-electron chi connectivity index (χ4n) is 6.45. The molecule has 2 aliphatic rings. The van der Waals surface area contributed by atoms with Crippen LogP contribution in [0.1, 0.15) is 106 Å². The third-order valence-corrected chi connectivity index (χ3v) is 8.53. The zero-order valence-corrected chi connectivity index (χ0v) is 21.3. The molecular weight excluding hydrogens is 432 g/mol. The van der Waals surface area contributed by atoms with Crippen molar-refractivity contribution in [3.63, 3.8) is 0 Å². The molecule has 1 fully saturated rings. The van der Waals surface area contributed by atoms with Crippen LogP contribution >= 0.6 is 0 Å². The third kappa shape index (κ3) is 4.37. The summed E-state index contributed by atoms with van der Waals surface area (Å²) >= 11 is 0. The molecule has 0 radical (unpaired) electrons. The summed E-state index contributed by atoms with van der Waals surface area (Å²) in [7, 11) is 0. The lowest BCUT2D eigenvalue weighted by molar-refractivity contribution is 0.0318. The lowest BCUT2D eigenvalue weighted by Gasteiger charge is -2.40. The van der Waals surface area contributed by atoms with Crippen LogP contribution in [0, 0.1) is 29.1 Å². The molecule has 1 saturated carbocycles. The van der Waals surface area contributed by atoms with E-state index < -0.39 is 34.2 Å². The summed E-state index contributed by atoms with van der Waals surface area (Å²) in [5, 5.41) is 43.4. The molecule has 0 spiro atoms. The van der Waals surface area contributed by atoms with Crippen LogP contribution in [0.2, 0.25) is 0 Å². The lowest BCUT2D eigenvalue weighted by atomic mass is 9.64. The molecule has 1 aromatic rings. The standard InChI is InChI=1S/C28H40O6/c1-15(2)11-22(23-25(32)19(13-29)24(31)20(14-30)26(23)33)28(6)10-9-18-16(3)7-8-17(12-21(18)28)27(4,5)34/h12-18,22,31-34H,7-11H2,1-6H3/t16-,17-,18-,22-,28+/m1/s1. The van der Waals surface area contributed by atoms with Gasteiger partial charge in [0.15, 0.2) is 12.6 Å². The van der Waals surface area contributed by atoms with Crippen LogP contribution in [0.3, 0.4) is 0 Å². The average Bonchev–Trinajstić information content (AvgIpc) is 2.95. The molecule has 0 saturated heterocycles. The van der Waals surface area contributed by atoms with E-state index in [0.717, 1.165) is 25.7 Å². The van der Waals surface area contributed by atoms with Crippen molar-refractivity contribution in [3.05, 3.63) is 28.3 Å². The summed E-state index contributed by atoms with van der Waals surface area (Å²) in [4.78, 5) is 23.5. The fraction of sp³-hybridized carbons (Fsp3) is 0.643. The molecule has 6 nitrogen and oxygen atoms in total.